The predicted molar refractivity (Wildman–Crippen MR) is 83.0 cm³/mol. The van der Waals surface area contributed by atoms with Crippen molar-refractivity contribution in [3.05, 3.63) is 33.8 Å². The van der Waals surface area contributed by atoms with Crippen LogP contribution in [0.5, 0.6) is 5.75 Å². The quantitative estimate of drug-likeness (QED) is 0.566. The number of carbonyl (C=O) groups excluding carboxylic acids is 1. The maximum atomic E-state index is 13.8. The van der Waals surface area contributed by atoms with E-state index in [1.165, 1.54) is 25.1 Å². The molecule has 24 heavy (non-hydrogen) atoms. The lowest BCUT2D eigenvalue weighted by Crippen LogP contribution is -2.57. The van der Waals surface area contributed by atoms with Gasteiger partial charge in [-0.2, -0.15) is 13.2 Å². The number of hydrogen-bond acceptors (Lipinski definition) is 4. The Balaban J connectivity index is 2.66. The Morgan fingerprint density at radius 1 is 1.46 bits per heavy atom. The van der Waals surface area contributed by atoms with Gasteiger partial charge < -0.3 is 14.2 Å². The van der Waals surface area contributed by atoms with Gasteiger partial charge in [0.25, 0.3) is 0 Å². The van der Waals surface area contributed by atoms with Crippen molar-refractivity contribution in [2.45, 2.75) is 18.9 Å². The molecule has 0 aliphatic carbocycles. The van der Waals surface area contributed by atoms with Gasteiger partial charge in [-0.25, -0.2) is 4.79 Å². The number of benzene rings is 1. The molecule has 1 heterocycles. The summed E-state index contributed by atoms with van der Waals surface area (Å²) in [7, 11) is 0. The second-order valence-electron chi connectivity index (χ2n) is 4.67. The third-order valence-corrected chi connectivity index (χ3v) is 3.60. The van der Waals surface area contributed by atoms with Gasteiger partial charge in [-0.15, -0.1) is 6.42 Å². The first kappa shape index (κ1) is 18.4. The van der Waals surface area contributed by atoms with E-state index in [4.69, 9.17) is 20.6 Å². The third kappa shape index (κ3) is 3.28. The normalized spacial score (nSPS) is 19.6. The van der Waals surface area contributed by atoms with E-state index in [1.54, 1.807) is 0 Å². The molecule has 0 N–H and O–H groups in total. The summed E-state index contributed by atoms with van der Waals surface area (Å²) >= 11 is 3.21. The summed E-state index contributed by atoms with van der Waals surface area (Å²) in [4.78, 5) is 12.1. The van der Waals surface area contributed by atoms with Crippen LogP contribution in [0, 0.1) is 12.3 Å². The summed E-state index contributed by atoms with van der Waals surface area (Å²) in [5, 5.41) is 0. The largest absolute Gasteiger partial charge is 0.462 e. The summed E-state index contributed by atoms with van der Waals surface area (Å²) in [6.45, 7) is 0.664. The van der Waals surface area contributed by atoms with E-state index in [0.29, 0.717) is 4.47 Å². The van der Waals surface area contributed by atoms with Gasteiger partial charge in [-0.05, 0) is 31.2 Å². The number of fused-ring (bicyclic) bond motifs is 1. The molecule has 0 bridgehead atoms. The predicted octanol–water partition coefficient (Wildman–Crippen LogP) is 3.70. The van der Waals surface area contributed by atoms with Crippen LogP contribution in [-0.4, -0.2) is 31.1 Å². The van der Waals surface area contributed by atoms with Crippen LogP contribution < -0.4 is 4.74 Å². The van der Waals surface area contributed by atoms with Crippen LogP contribution in [0.3, 0.4) is 0 Å². The lowest BCUT2D eigenvalue weighted by atomic mass is 9.97. The van der Waals surface area contributed by atoms with Gasteiger partial charge in [0.1, 0.15) is 17.9 Å². The number of rotatable bonds is 4. The molecule has 1 aromatic rings. The fourth-order valence-corrected chi connectivity index (χ4v) is 2.51. The van der Waals surface area contributed by atoms with Crippen molar-refractivity contribution in [2.24, 2.45) is 0 Å². The highest BCUT2D eigenvalue weighted by Crippen LogP contribution is 2.46. The van der Waals surface area contributed by atoms with E-state index in [0.717, 1.165) is 6.08 Å². The van der Waals surface area contributed by atoms with Crippen molar-refractivity contribution in [1.82, 2.24) is 0 Å². The molecule has 4 nitrogen and oxygen atoms in total. The van der Waals surface area contributed by atoms with Crippen molar-refractivity contribution in [3.8, 4) is 18.1 Å². The van der Waals surface area contributed by atoms with E-state index in [2.05, 4.69) is 15.9 Å². The zero-order valence-electron chi connectivity index (χ0n) is 12.4. The van der Waals surface area contributed by atoms with E-state index in [9.17, 15) is 18.0 Å². The van der Waals surface area contributed by atoms with Gasteiger partial charge in [0.2, 0.25) is 0 Å². The Bertz CT molecular complexity index is 721. The number of halogens is 4. The van der Waals surface area contributed by atoms with Crippen LogP contribution in [0.15, 0.2) is 28.2 Å². The van der Waals surface area contributed by atoms with Crippen LogP contribution >= 0.6 is 15.9 Å². The van der Waals surface area contributed by atoms with Crippen LogP contribution in [-0.2, 0) is 14.3 Å². The minimum atomic E-state index is -5.06. The Morgan fingerprint density at radius 3 is 2.75 bits per heavy atom. The Hall–Kier alpha value is -1.98. The monoisotopic (exact) mass is 404 g/mol. The fraction of sp³-hybridized carbons (Fsp3) is 0.312. The van der Waals surface area contributed by atoms with E-state index in [1.807, 2.05) is 5.92 Å². The van der Waals surface area contributed by atoms with E-state index < -0.39 is 30.1 Å². The molecule has 128 valence electrons. The summed E-state index contributed by atoms with van der Waals surface area (Å²) in [5.74, 6) is -2.67. The van der Waals surface area contributed by atoms with Crippen molar-refractivity contribution < 1.29 is 32.2 Å². The van der Waals surface area contributed by atoms with Crippen molar-refractivity contribution in [1.29, 1.82) is 0 Å². The molecule has 2 rings (SSSR count). The molecule has 1 aliphatic heterocycles. The minimum Gasteiger partial charge on any atom is -0.462 e. The van der Waals surface area contributed by atoms with Crippen molar-refractivity contribution >= 4 is 28.0 Å². The van der Waals surface area contributed by atoms with Gasteiger partial charge in [0.15, 0.2) is 0 Å². The minimum absolute atomic E-state index is 0.0967. The zero-order chi connectivity index (χ0) is 18.0. The Labute approximate surface area is 144 Å². The van der Waals surface area contributed by atoms with E-state index >= 15 is 0 Å². The maximum absolute atomic E-state index is 13.8. The Morgan fingerprint density at radius 2 is 2.17 bits per heavy atom. The lowest BCUT2D eigenvalue weighted by molar-refractivity contribution is -0.330. The first-order valence-electron chi connectivity index (χ1n) is 6.77. The molecule has 1 aliphatic rings. The second-order valence-corrected chi connectivity index (χ2v) is 5.59. The molecule has 0 amide bonds. The molecule has 0 aromatic heterocycles. The standard InChI is InChI=1S/C16H12BrF3O4/c1-3-7-23-15(16(18,19)20)12(14(21)22-4-2)9-10-8-11(17)5-6-13(10)24-15/h1,5-6,8-9H,4,7H2,2H3. The number of terminal acetylenes is 1. The van der Waals surface area contributed by atoms with Crippen LogP contribution in [0.1, 0.15) is 12.5 Å². The zero-order valence-corrected chi connectivity index (χ0v) is 14.0. The average Bonchev–Trinajstić information content (AvgIpc) is 2.51. The molecular weight excluding hydrogens is 393 g/mol. The molecule has 1 aromatic carbocycles. The molecule has 1 atom stereocenters. The fourth-order valence-electron chi connectivity index (χ4n) is 2.13. The topological polar surface area (TPSA) is 44.8 Å². The second kappa shape index (κ2) is 6.87. The number of esters is 1. The number of carbonyl (C=O) groups is 1. The number of ether oxygens (including phenoxy) is 3. The first-order chi connectivity index (χ1) is 11.2. The number of alkyl halides is 3. The van der Waals surface area contributed by atoms with Crippen LogP contribution in [0.2, 0.25) is 0 Å². The molecule has 1 unspecified atom stereocenters. The highest BCUT2D eigenvalue weighted by molar-refractivity contribution is 9.10. The SMILES string of the molecule is C#CCOC1(C(F)(F)F)Oc2ccc(Br)cc2C=C1C(=O)OCC. The summed E-state index contributed by atoms with van der Waals surface area (Å²) in [5.41, 5.74) is -0.547. The Kier molecular flexibility index (Phi) is 5.26. The van der Waals surface area contributed by atoms with Crippen LogP contribution in [0.25, 0.3) is 6.08 Å². The van der Waals surface area contributed by atoms with Crippen molar-refractivity contribution in [2.75, 3.05) is 13.2 Å². The third-order valence-electron chi connectivity index (χ3n) is 3.11. The van der Waals surface area contributed by atoms with Crippen LogP contribution in [0.4, 0.5) is 13.2 Å². The summed E-state index contributed by atoms with van der Waals surface area (Å²) in [6.07, 6.45) is 0.974. The smallest absolute Gasteiger partial charge is 0.460 e. The molecular formula is C16H12BrF3O4. The van der Waals surface area contributed by atoms with Gasteiger partial charge >= 0.3 is 17.9 Å². The highest BCUT2D eigenvalue weighted by atomic mass is 79.9. The molecule has 0 spiro atoms. The van der Waals surface area contributed by atoms with E-state index in [-0.39, 0.29) is 17.9 Å². The van der Waals surface area contributed by atoms with Gasteiger partial charge in [0.05, 0.1) is 6.61 Å². The van der Waals surface area contributed by atoms with Gasteiger partial charge in [-0.1, -0.05) is 21.9 Å². The molecule has 0 saturated carbocycles. The molecule has 8 heteroatoms. The van der Waals surface area contributed by atoms with Gasteiger partial charge in [-0.3, -0.25) is 0 Å². The molecule has 0 radical (unpaired) electrons. The van der Waals surface area contributed by atoms with Crippen molar-refractivity contribution in [3.63, 3.8) is 0 Å². The molecule has 0 fully saturated rings. The molecule has 0 saturated heterocycles. The number of hydrogen-bond donors (Lipinski definition) is 0. The van der Waals surface area contributed by atoms with Gasteiger partial charge in [0, 0.05) is 10.0 Å². The average molecular weight is 405 g/mol. The maximum Gasteiger partial charge on any atom is 0.460 e. The lowest BCUT2D eigenvalue weighted by Gasteiger charge is -2.38. The first-order valence-corrected chi connectivity index (χ1v) is 7.56. The summed E-state index contributed by atoms with van der Waals surface area (Å²) in [6, 6.07) is 4.35. The highest BCUT2D eigenvalue weighted by Gasteiger charge is 2.65. The summed E-state index contributed by atoms with van der Waals surface area (Å²) < 4.78 is 56.5.